The van der Waals surface area contributed by atoms with E-state index in [1.807, 2.05) is 0 Å². The van der Waals surface area contributed by atoms with Crippen molar-refractivity contribution in [3.05, 3.63) is 53.7 Å². The molecule has 6 heteroatoms. The van der Waals surface area contributed by atoms with E-state index < -0.39 is 23.9 Å². The number of carboxylic acids is 1. The lowest BCUT2D eigenvalue weighted by molar-refractivity contribution is -0.136. The fourth-order valence-electron chi connectivity index (χ4n) is 2.20. The fraction of sp³-hybridized carbons (Fsp3) is 0.0667. The summed E-state index contributed by atoms with van der Waals surface area (Å²) < 4.78 is 10.3. The van der Waals surface area contributed by atoms with E-state index in [-0.39, 0.29) is 22.5 Å². The van der Waals surface area contributed by atoms with Crippen molar-refractivity contribution in [3.8, 4) is 5.75 Å². The first-order chi connectivity index (χ1) is 10.1. The van der Waals surface area contributed by atoms with E-state index in [1.165, 1.54) is 24.7 Å². The summed E-state index contributed by atoms with van der Waals surface area (Å²) in [5, 5.41) is 19.7. The van der Waals surface area contributed by atoms with E-state index >= 15 is 0 Å². The summed E-state index contributed by atoms with van der Waals surface area (Å²) in [6.07, 6.45) is 2.31. The molecule has 0 spiro atoms. The van der Waals surface area contributed by atoms with Crippen molar-refractivity contribution in [3.63, 3.8) is 0 Å². The zero-order valence-corrected chi connectivity index (χ0v) is 10.7. The highest BCUT2D eigenvalue weighted by Crippen LogP contribution is 2.34. The maximum Gasteiger partial charge on any atom is 0.307 e. The van der Waals surface area contributed by atoms with Gasteiger partial charge in [0.05, 0.1) is 18.9 Å². The maximum atomic E-state index is 12.4. The van der Waals surface area contributed by atoms with Crippen molar-refractivity contribution < 1.29 is 28.6 Å². The van der Waals surface area contributed by atoms with Crippen LogP contribution in [0.1, 0.15) is 21.7 Å². The van der Waals surface area contributed by atoms with Crippen molar-refractivity contribution in [1.29, 1.82) is 0 Å². The molecule has 0 aliphatic carbocycles. The van der Waals surface area contributed by atoms with E-state index in [9.17, 15) is 14.7 Å². The van der Waals surface area contributed by atoms with E-state index in [2.05, 4.69) is 0 Å². The van der Waals surface area contributed by atoms with Gasteiger partial charge in [-0.1, -0.05) is 0 Å². The summed E-state index contributed by atoms with van der Waals surface area (Å²) in [6.45, 7) is 0. The predicted molar refractivity (Wildman–Crippen MR) is 71.4 cm³/mol. The average molecular weight is 286 g/mol. The molecule has 2 heterocycles. The zero-order valence-electron chi connectivity index (χ0n) is 10.7. The van der Waals surface area contributed by atoms with Gasteiger partial charge < -0.3 is 19.0 Å². The van der Waals surface area contributed by atoms with Crippen LogP contribution in [0.4, 0.5) is 0 Å². The first-order valence-corrected chi connectivity index (χ1v) is 6.10. The van der Waals surface area contributed by atoms with Crippen molar-refractivity contribution in [1.82, 2.24) is 0 Å². The Morgan fingerprint density at radius 3 is 2.62 bits per heavy atom. The zero-order chi connectivity index (χ0) is 15.0. The molecule has 0 fully saturated rings. The third-order valence-corrected chi connectivity index (χ3v) is 3.11. The monoisotopic (exact) mass is 286 g/mol. The number of phenols is 1. The largest absolute Gasteiger partial charge is 0.507 e. The van der Waals surface area contributed by atoms with Crippen LogP contribution in [0.5, 0.6) is 5.75 Å². The number of aromatic hydroxyl groups is 1. The van der Waals surface area contributed by atoms with Gasteiger partial charge >= 0.3 is 5.97 Å². The second-order valence-corrected chi connectivity index (χ2v) is 4.48. The van der Waals surface area contributed by atoms with Gasteiger partial charge in [0.15, 0.2) is 5.76 Å². The summed E-state index contributed by atoms with van der Waals surface area (Å²) in [5.41, 5.74) is 0.248. The molecule has 0 aliphatic rings. The minimum Gasteiger partial charge on any atom is -0.507 e. The second-order valence-electron chi connectivity index (χ2n) is 4.48. The number of hydrogen-bond acceptors (Lipinski definition) is 5. The van der Waals surface area contributed by atoms with Crippen LogP contribution in [0.2, 0.25) is 0 Å². The molecule has 0 aliphatic heterocycles. The molecule has 21 heavy (non-hydrogen) atoms. The summed E-state index contributed by atoms with van der Waals surface area (Å²) in [5.74, 6) is -2.04. The Labute approximate surface area is 118 Å². The van der Waals surface area contributed by atoms with Gasteiger partial charge in [-0.2, -0.15) is 0 Å². The van der Waals surface area contributed by atoms with E-state index in [0.717, 1.165) is 0 Å². The number of phenolic OH excluding ortho intramolecular Hbond substituents is 1. The molecule has 0 saturated heterocycles. The first kappa shape index (κ1) is 13.0. The highest BCUT2D eigenvalue weighted by molar-refractivity contribution is 6.16. The number of carbonyl (C=O) groups is 2. The second kappa shape index (κ2) is 4.82. The molecule has 3 aromatic rings. The smallest absolute Gasteiger partial charge is 0.307 e. The number of furan rings is 2. The molecular formula is C15H10O6. The average Bonchev–Trinajstić information content (AvgIpc) is 3.08. The van der Waals surface area contributed by atoms with Gasteiger partial charge in [0.2, 0.25) is 5.78 Å². The minimum absolute atomic E-state index is 0.0375. The van der Waals surface area contributed by atoms with Gasteiger partial charge in [0, 0.05) is 10.9 Å². The van der Waals surface area contributed by atoms with E-state index in [1.54, 1.807) is 12.1 Å². The first-order valence-electron chi connectivity index (χ1n) is 6.10. The number of ketones is 1. The highest BCUT2D eigenvalue weighted by atomic mass is 16.4. The SMILES string of the molecule is O=C(O)Cc1cc2ccoc2c(C(=O)c2ccco2)c1O. The van der Waals surface area contributed by atoms with Crippen LogP contribution in [0.25, 0.3) is 11.0 Å². The third kappa shape index (κ3) is 2.16. The molecule has 2 N–H and O–H groups in total. The topological polar surface area (TPSA) is 101 Å². The lowest BCUT2D eigenvalue weighted by atomic mass is 9.99. The minimum atomic E-state index is -1.11. The highest BCUT2D eigenvalue weighted by Gasteiger charge is 2.24. The van der Waals surface area contributed by atoms with Crippen LogP contribution in [0.15, 0.2) is 45.6 Å². The van der Waals surface area contributed by atoms with E-state index in [4.69, 9.17) is 13.9 Å². The number of hydrogen-bond donors (Lipinski definition) is 2. The molecule has 0 unspecified atom stereocenters. The molecule has 3 rings (SSSR count). The molecule has 2 aromatic heterocycles. The van der Waals surface area contributed by atoms with Gasteiger partial charge in [-0.05, 0) is 24.3 Å². The molecular weight excluding hydrogens is 276 g/mol. The van der Waals surface area contributed by atoms with Crippen molar-refractivity contribution >= 4 is 22.7 Å². The Bertz CT molecular complexity index is 825. The summed E-state index contributed by atoms with van der Waals surface area (Å²) in [4.78, 5) is 23.3. The molecule has 1 aromatic carbocycles. The number of benzene rings is 1. The Morgan fingerprint density at radius 1 is 1.14 bits per heavy atom. The maximum absolute atomic E-state index is 12.4. The van der Waals surface area contributed by atoms with Crippen LogP contribution in [0.3, 0.4) is 0 Å². The summed E-state index contributed by atoms with van der Waals surface area (Å²) in [6, 6.07) is 6.09. The molecule has 0 atom stereocenters. The number of aliphatic carboxylic acids is 1. The molecule has 106 valence electrons. The lowest BCUT2D eigenvalue weighted by Crippen LogP contribution is -2.06. The normalized spacial score (nSPS) is 10.9. The standard InChI is InChI=1S/C15H10O6/c16-11(17)7-9-6-8-3-5-21-15(8)12(13(9)18)14(19)10-2-1-4-20-10/h1-6,18H,7H2,(H,16,17). The van der Waals surface area contributed by atoms with Crippen molar-refractivity contribution in [2.75, 3.05) is 0 Å². The van der Waals surface area contributed by atoms with E-state index in [0.29, 0.717) is 5.39 Å². The van der Waals surface area contributed by atoms with Gasteiger partial charge in [-0.25, -0.2) is 0 Å². The fourth-order valence-corrected chi connectivity index (χ4v) is 2.20. The van der Waals surface area contributed by atoms with Crippen molar-refractivity contribution in [2.24, 2.45) is 0 Å². The Kier molecular flexibility index (Phi) is 2.98. The number of fused-ring (bicyclic) bond motifs is 1. The van der Waals surface area contributed by atoms with Crippen LogP contribution >= 0.6 is 0 Å². The van der Waals surface area contributed by atoms with Crippen LogP contribution in [-0.2, 0) is 11.2 Å². The van der Waals surface area contributed by atoms with Crippen molar-refractivity contribution in [2.45, 2.75) is 6.42 Å². The van der Waals surface area contributed by atoms with Gasteiger partial charge in [-0.15, -0.1) is 0 Å². The predicted octanol–water partition coefficient (Wildman–Crippen LogP) is 2.59. The third-order valence-electron chi connectivity index (χ3n) is 3.11. The number of rotatable bonds is 4. The number of carboxylic acid groups (broad SMARTS) is 1. The van der Waals surface area contributed by atoms with Crippen LogP contribution < -0.4 is 0 Å². The van der Waals surface area contributed by atoms with Gasteiger partial charge in [0.1, 0.15) is 16.9 Å². The molecule has 0 saturated carbocycles. The lowest BCUT2D eigenvalue weighted by Gasteiger charge is -2.08. The quantitative estimate of drug-likeness (QED) is 0.715. The Hall–Kier alpha value is -3.02. The van der Waals surface area contributed by atoms with Gasteiger partial charge in [-0.3, -0.25) is 9.59 Å². The molecule has 0 amide bonds. The summed E-state index contributed by atoms with van der Waals surface area (Å²) >= 11 is 0. The Balaban J connectivity index is 2.24. The number of carbonyl (C=O) groups excluding carboxylic acids is 1. The van der Waals surface area contributed by atoms with Crippen LogP contribution in [0, 0.1) is 0 Å². The molecule has 6 nitrogen and oxygen atoms in total. The Morgan fingerprint density at radius 2 is 1.95 bits per heavy atom. The van der Waals surface area contributed by atoms with Gasteiger partial charge in [0.25, 0.3) is 0 Å². The molecule has 0 radical (unpaired) electrons. The summed E-state index contributed by atoms with van der Waals surface area (Å²) in [7, 11) is 0. The molecule has 0 bridgehead atoms. The van der Waals surface area contributed by atoms with Crippen LogP contribution in [-0.4, -0.2) is 22.0 Å².